The minimum absolute atomic E-state index is 0.273. The highest BCUT2D eigenvalue weighted by molar-refractivity contribution is 5.66. The van der Waals surface area contributed by atoms with Gasteiger partial charge in [0.1, 0.15) is 18.0 Å². The van der Waals surface area contributed by atoms with Gasteiger partial charge in [-0.1, -0.05) is 0 Å². The lowest BCUT2D eigenvalue weighted by Gasteiger charge is -2.18. The van der Waals surface area contributed by atoms with Gasteiger partial charge in [0.25, 0.3) is 0 Å². The fraction of sp³-hybridized carbons (Fsp3) is 0.500. The molecule has 0 aliphatic heterocycles. The fourth-order valence-corrected chi connectivity index (χ4v) is 1.66. The van der Waals surface area contributed by atoms with Crippen molar-refractivity contribution in [2.75, 3.05) is 26.1 Å². The Morgan fingerprint density at radius 3 is 2.17 bits per heavy atom. The Morgan fingerprint density at radius 1 is 1.11 bits per heavy atom. The van der Waals surface area contributed by atoms with E-state index in [4.69, 9.17) is 9.47 Å². The highest BCUT2D eigenvalue weighted by atomic mass is 19.4. The quantitative estimate of drug-likeness (QED) is 0.904. The van der Waals surface area contributed by atoms with Crippen LogP contribution in [0.4, 0.5) is 18.9 Å². The lowest BCUT2D eigenvalue weighted by molar-refractivity contribution is -0.115. The standard InChI is InChI=1S/C12H16F3NO2/c1-7-8(2)11(18-4)9(5-10(7)17-3)16-6-12(13,14)15/h5,16H,6H2,1-4H3. The molecule has 18 heavy (non-hydrogen) atoms. The molecule has 0 aliphatic rings. The van der Waals surface area contributed by atoms with Crippen molar-refractivity contribution in [1.29, 1.82) is 0 Å². The Kier molecular flexibility index (Phi) is 4.32. The van der Waals surface area contributed by atoms with Crippen molar-refractivity contribution in [2.45, 2.75) is 20.0 Å². The molecule has 0 saturated carbocycles. The summed E-state index contributed by atoms with van der Waals surface area (Å²) in [6.07, 6.45) is -4.28. The number of benzene rings is 1. The number of methoxy groups -OCH3 is 2. The second-order valence-electron chi connectivity index (χ2n) is 3.88. The number of hydrogen-bond donors (Lipinski definition) is 1. The summed E-state index contributed by atoms with van der Waals surface area (Å²) in [6.45, 7) is 2.48. The van der Waals surface area contributed by atoms with E-state index in [0.717, 1.165) is 11.1 Å². The van der Waals surface area contributed by atoms with Crippen molar-refractivity contribution in [3.63, 3.8) is 0 Å². The molecule has 3 nitrogen and oxygen atoms in total. The summed E-state index contributed by atoms with van der Waals surface area (Å²) in [5.41, 5.74) is 1.86. The maximum absolute atomic E-state index is 12.2. The van der Waals surface area contributed by atoms with E-state index in [-0.39, 0.29) is 5.69 Å². The summed E-state index contributed by atoms with van der Waals surface area (Å²) >= 11 is 0. The molecule has 0 radical (unpaired) electrons. The smallest absolute Gasteiger partial charge is 0.405 e. The predicted octanol–water partition coefficient (Wildman–Crippen LogP) is 3.29. The van der Waals surface area contributed by atoms with Crippen LogP contribution in [0.1, 0.15) is 11.1 Å². The van der Waals surface area contributed by atoms with Crippen molar-refractivity contribution >= 4 is 5.69 Å². The molecule has 0 aliphatic carbocycles. The molecular weight excluding hydrogens is 247 g/mol. The summed E-state index contributed by atoms with van der Waals surface area (Å²) in [5, 5.41) is 2.32. The van der Waals surface area contributed by atoms with Gasteiger partial charge in [0.2, 0.25) is 0 Å². The minimum Gasteiger partial charge on any atom is -0.496 e. The van der Waals surface area contributed by atoms with E-state index < -0.39 is 12.7 Å². The van der Waals surface area contributed by atoms with Crippen LogP contribution in [-0.4, -0.2) is 26.9 Å². The predicted molar refractivity (Wildman–Crippen MR) is 63.6 cm³/mol. The Hall–Kier alpha value is -1.59. The SMILES string of the molecule is COc1cc(NCC(F)(F)F)c(OC)c(C)c1C. The monoisotopic (exact) mass is 263 g/mol. The van der Waals surface area contributed by atoms with Crippen molar-refractivity contribution in [3.8, 4) is 11.5 Å². The number of nitrogens with one attached hydrogen (secondary N) is 1. The van der Waals surface area contributed by atoms with E-state index in [1.165, 1.54) is 20.3 Å². The molecule has 0 aromatic heterocycles. The van der Waals surface area contributed by atoms with E-state index >= 15 is 0 Å². The lowest BCUT2D eigenvalue weighted by Crippen LogP contribution is -2.21. The summed E-state index contributed by atoms with van der Waals surface area (Å²) in [5.74, 6) is 0.926. The number of anilines is 1. The molecule has 1 N–H and O–H groups in total. The Morgan fingerprint density at radius 2 is 1.72 bits per heavy atom. The Labute approximate surface area is 104 Å². The van der Waals surface area contributed by atoms with Crippen LogP contribution < -0.4 is 14.8 Å². The van der Waals surface area contributed by atoms with Crippen molar-refractivity contribution < 1.29 is 22.6 Å². The van der Waals surface area contributed by atoms with Gasteiger partial charge in [0.15, 0.2) is 0 Å². The molecule has 6 heteroatoms. The van der Waals surface area contributed by atoms with E-state index in [9.17, 15) is 13.2 Å². The van der Waals surface area contributed by atoms with Gasteiger partial charge in [-0.25, -0.2) is 0 Å². The van der Waals surface area contributed by atoms with Crippen LogP contribution in [0.3, 0.4) is 0 Å². The first-order valence-electron chi connectivity index (χ1n) is 5.33. The van der Waals surface area contributed by atoms with Crippen LogP contribution in [-0.2, 0) is 0 Å². The van der Waals surface area contributed by atoms with Crippen LogP contribution >= 0.6 is 0 Å². The van der Waals surface area contributed by atoms with Gasteiger partial charge < -0.3 is 14.8 Å². The van der Waals surface area contributed by atoms with E-state index in [0.29, 0.717) is 11.5 Å². The summed E-state index contributed by atoms with van der Waals surface area (Å²) in [6, 6.07) is 1.51. The van der Waals surface area contributed by atoms with Gasteiger partial charge in [-0.2, -0.15) is 13.2 Å². The number of ether oxygens (including phenoxy) is 2. The normalized spacial score (nSPS) is 11.3. The highest BCUT2D eigenvalue weighted by Crippen LogP contribution is 2.37. The molecule has 0 bridgehead atoms. The molecule has 0 heterocycles. The van der Waals surface area contributed by atoms with Crippen molar-refractivity contribution in [3.05, 3.63) is 17.2 Å². The molecular formula is C12H16F3NO2. The van der Waals surface area contributed by atoms with Gasteiger partial charge in [-0.3, -0.25) is 0 Å². The molecule has 102 valence electrons. The largest absolute Gasteiger partial charge is 0.496 e. The third kappa shape index (κ3) is 3.21. The van der Waals surface area contributed by atoms with Gasteiger partial charge in [-0.05, 0) is 25.0 Å². The molecule has 0 fully saturated rings. The maximum atomic E-state index is 12.2. The zero-order chi connectivity index (χ0) is 13.9. The topological polar surface area (TPSA) is 30.5 Å². The van der Waals surface area contributed by atoms with E-state index in [2.05, 4.69) is 5.32 Å². The van der Waals surface area contributed by atoms with E-state index in [1.807, 2.05) is 6.92 Å². The van der Waals surface area contributed by atoms with Crippen molar-refractivity contribution in [2.24, 2.45) is 0 Å². The number of halogens is 3. The minimum atomic E-state index is -4.28. The Bertz CT molecular complexity index is 430. The zero-order valence-corrected chi connectivity index (χ0v) is 10.7. The van der Waals surface area contributed by atoms with Crippen LogP contribution in [0.25, 0.3) is 0 Å². The summed E-state index contributed by atoms with van der Waals surface area (Å²) in [7, 11) is 2.90. The average molecular weight is 263 g/mol. The summed E-state index contributed by atoms with van der Waals surface area (Å²) < 4.78 is 46.9. The molecule has 0 atom stereocenters. The Balaban J connectivity index is 3.13. The van der Waals surface area contributed by atoms with Crippen LogP contribution in [0.5, 0.6) is 11.5 Å². The van der Waals surface area contributed by atoms with Gasteiger partial charge in [0.05, 0.1) is 19.9 Å². The van der Waals surface area contributed by atoms with Gasteiger partial charge >= 0.3 is 6.18 Å². The molecule has 0 saturated heterocycles. The van der Waals surface area contributed by atoms with Crippen LogP contribution in [0.2, 0.25) is 0 Å². The molecule has 1 aromatic rings. The summed E-state index contributed by atoms with van der Waals surface area (Å²) in [4.78, 5) is 0. The van der Waals surface area contributed by atoms with Crippen molar-refractivity contribution in [1.82, 2.24) is 0 Å². The number of alkyl halides is 3. The van der Waals surface area contributed by atoms with Crippen LogP contribution in [0, 0.1) is 13.8 Å². The number of rotatable bonds is 4. The average Bonchev–Trinajstić information content (AvgIpc) is 2.29. The first kappa shape index (κ1) is 14.5. The maximum Gasteiger partial charge on any atom is 0.405 e. The third-order valence-electron chi connectivity index (χ3n) is 2.70. The zero-order valence-electron chi connectivity index (χ0n) is 10.7. The molecule has 1 rings (SSSR count). The highest BCUT2D eigenvalue weighted by Gasteiger charge is 2.27. The first-order chi connectivity index (χ1) is 8.30. The second-order valence-corrected chi connectivity index (χ2v) is 3.88. The molecule has 0 unspecified atom stereocenters. The van der Waals surface area contributed by atoms with Gasteiger partial charge in [0, 0.05) is 6.07 Å². The van der Waals surface area contributed by atoms with Crippen LogP contribution in [0.15, 0.2) is 6.07 Å². The first-order valence-corrected chi connectivity index (χ1v) is 5.33. The molecule has 0 amide bonds. The van der Waals surface area contributed by atoms with Gasteiger partial charge in [-0.15, -0.1) is 0 Å². The van der Waals surface area contributed by atoms with E-state index in [1.54, 1.807) is 6.92 Å². The molecule has 0 spiro atoms. The number of hydrogen-bond acceptors (Lipinski definition) is 3. The fourth-order valence-electron chi connectivity index (χ4n) is 1.66. The lowest BCUT2D eigenvalue weighted by atomic mass is 10.1. The third-order valence-corrected chi connectivity index (χ3v) is 2.70. The molecule has 1 aromatic carbocycles. The second kappa shape index (κ2) is 5.37.